The summed E-state index contributed by atoms with van der Waals surface area (Å²) in [5, 5.41) is 0. The van der Waals surface area contributed by atoms with Gasteiger partial charge >= 0.3 is 5.97 Å². The van der Waals surface area contributed by atoms with Gasteiger partial charge in [0.15, 0.2) is 11.5 Å². The number of esters is 1. The third kappa shape index (κ3) is 5.08. The number of hydrogen-bond acceptors (Lipinski definition) is 7. The highest BCUT2D eigenvalue weighted by Gasteiger charge is 2.28. The van der Waals surface area contributed by atoms with Crippen LogP contribution in [-0.2, 0) is 9.59 Å². The monoisotopic (exact) mass is 441 g/mol. The summed E-state index contributed by atoms with van der Waals surface area (Å²) in [6.45, 7) is 0. The van der Waals surface area contributed by atoms with Crippen LogP contribution in [0.3, 0.4) is 0 Å². The van der Waals surface area contributed by atoms with Crippen LogP contribution in [0.2, 0.25) is 0 Å². The van der Waals surface area contributed by atoms with E-state index in [2.05, 4.69) is 0 Å². The lowest BCUT2D eigenvalue weighted by Gasteiger charge is -2.09. The molecule has 154 valence electrons. The Labute approximate surface area is 184 Å². The zero-order chi connectivity index (χ0) is 21.7. The number of thioether (sulfide) groups is 1. The highest BCUT2D eigenvalue weighted by atomic mass is 32.2. The minimum Gasteiger partial charge on any atom is -0.497 e. The number of hydrogen-bond donors (Lipinski definition) is 0. The number of rotatable bonds is 6. The Kier molecular flexibility index (Phi) is 6.91. The van der Waals surface area contributed by atoms with Crippen LogP contribution in [-0.4, -0.2) is 42.4 Å². The normalized spacial score (nSPS) is 15.2. The smallest absolute Gasteiger partial charge is 0.336 e. The van der Waals surface area contributed by atoms with Crippen LogP contribution in [0.4, 0.5) is 0 Å². The van der Waals surface area contributed by atoms with Crippen LogP contribution in [0.15, 0.2) is 53.4 Å². The van der Waals surface area contributed by atoms with Crippen molar-refractivity contribution in [1.82, 2.24) is 4.90 Å². The summed E-state index contributed by atoms with van der Waals surface area (Å²) in [5.74, 6) is 0.705. The minimum absolute atomic E-state index is 0.150. The van der Waals surface area contributed by atoms with E-state index in [0.29, 0.717) is 15.0 Å². The molecule has 0 atom stereocenters. The fraction of sp³-hybridized carbons (Fsp3) is 0.136. The Balaban J connectivity index is 1.71. The fourth-order valence-electron chi connectivity index (χ4n) is 2.58. The Morgan fingerprint density at radius 1 is 1.03 bits per heavy atom. The minimum atomic E-state index is -0.538. The van der Waals surface area contributed by atoms with Gasteiger partial charge in [-0.25, -0.2) is 4.79 Å². The van der Waals surface area contributed by atoms with E-state index in [1.165, 1.54) is 29.8 Å². The molecule has 0 aromatic heterocycles. The topological polar surface area (TPSA) is 65.1 Å². The third-order valence-corrected chi connectivity index (χ3v) is 5.69. The molecular weight excluding hydrogens is 422 g/mol. The van der Waals surface area contributed by atoms with Crippen LogP contribution in [0.1, 0.15) is 11.1 Å². The van der Waals surface area contributed by atoms with Crippen molar-refractivity contribution in [2.75, 3.05) is 21.3 Å². The zero-order valence-electron chi connectivity index (χ0n) is 16.6. The van der Waals surface area contributed by atoms with E-state index in [-0.39, 0.29) is 11.7 Å². The number of methoxy groups -OCH3 is 2. The van der Waals surface area contributed by atoms with Gasteiger partial charge in [-0.1, -0.05) is 42.2 Å². The zero-order valence-corrected chi connectivity index (χ0v) is 18.2. The first-order valence-electron chi connectivity index (χ1n) is 8.85. The quantitative estimate of drug-likeness (QED) is 0.289. The molecular formula is C22H19NO5S2. The van der Waals surface area contributed by atoms with Crippen molar-refractivity contribution in [3.05, 3.63) is 64.6 Å². The number of thiocarbonyl (C=S) groups is 1. The molecule has 0 radical (unpaired) electrons. The van der Waals surface area contributed by atoms with E-state index in [1.54, 1.807) is 56.6 Å². The van der Waals surface area contributed by atoms with Crippen molar-refractivity contribution in [2.45, 2.75) is 0 Å². The first kappa shape index (κ1) is 21.6. The molecule has 2 aromatic carbocycles. The summed E-state index contributed by atoms with van der Waals surface area (Å²) in [7, 11) is 4.71. The summed E-state index contributed by atoms with van der Waals surface area (Å²) < 4.78 is 16.3. The van der Waals surface area contributed by atoms with Crippen molar-refractivity contribution < 1.29 is 23.8 Å². The van der Waals surface area contributed by atoms with E-state index >= 15 is 0 Å². The van der Waals surface area contributed by atoms with E-state index in [0.717, 1.165) is 16.9 Å². The molecule has 0 N–H and O–H groups in total. The second kappa shape index (κ2) is 9.60. The molecule has 0 aliphatic carbocycles. The predicted octanol–water partition coefficient (Wildman–Crippen LogP) is 4.15. The molecule has 0 unspecified atom stereocenters. The fourth-order valence-corrected chi connectivity index (χ4v) is 3.76. The van der Waals surface area contributed by atoms with Gasteiger partial charge in [-0.15, -0.1) is 0 Å². The molecule has 6 nitrogen and oxygen atoms in total. The van der Waals surface area contributed by atoms with Gasteiger partial charge in [0.1, 0.15) is 10.1 Å². The number of carbonyl (C=O) groups excluding carboxylic acids is 2. The maximum absolute atomic E-state index is 12.2. The lowest BCUT2D eigenvalue weighted by atomic mass is 10.2. The van der Waals surface area contributed by atoms with Gasteiger partial charge in [0.2, 0.25) is 0 Å². The third-order valence-electron chi connectivity index (χ3n) is 4.21. The molecule has 1 fully saturated rings. The van der Waals surface area contributed by atoms with E-state index < -0.39 is 5.97 Å². The van der Waals surface area contributed by atoms with Gasteiger partial charge in [-0.2, -0.15) is 0 Å². The molecule has 30 heavy (non-hydrogen) atoms. The number of nitrogens with zero attached hydrogens (tertiary/aromatic N) is 1. The first-order valence-corrected chi connectivity index (χ1v) is 10.1. The number of likely N-dealkylation sites (N-methyl/N-ethyl adjacent to an activating group) is 1. The van der Waals surface area contributed by atoms with Crippen LogP contribution < -0.4 is 14.2 Å². The summed E-state index contributed by atoms with van der Waals surface area (Å²) in [6, 6.07) is 12.3. The molecule has 3 rings (SSSR count). The molecule has 0 bridgehead atoms. The Hall–Kier alpha value is -3.10. The SMILES string of the molecule is COc1ccc(C=CC(=O)Oc2ccc(C=C3SC(=S)N(C)C3=O)cc2OC)cc1. The second-order valence-corrected chi connectivity index (χ2v) is 7.85. The lowest BCUT2D eigenvalue weighted by molar-refractivity contribution is -0.129. The highest BCUT2D eigenvalue weighted by Crippen LogP contribution is 2.34. The molecule has 8 heteroatoms. The van der Waals surface area contributed by atoms with E-state index in [1.807, 2.05) is 12.1 Å². The first-order chi connectivity index (χ1) is 14.4. The largest absolute Gasteiger partial charge is 0.497 e. The maximum atomic E-state index is 12.2. The van der Waals surface area contributed by atoms with Crippen LogP contribution in [0.25, 0.3) is 12.2 Å². The molecule has 1 amide bonds. The van der Waals surface area contributed by atoms with Crippen molar-refractivity contribution in [2.24, 2.45) is 0 Å². The van der Waals surface area contributed by atoms with Gasteiger partial charge in [0.25, 0.3) is 5.91 Å². The number of benzene rings is 2. The van der Waals surface area contributed by atoms with Gasteiger partial charge in [-0.3, -0.25) is 9.69 Å². The van der Waals surface area contributed by atoms with Gasteiger partial charge < -0.3 is 14.2 Å². The lowest BCUT2D eigenvalue weighted by Crippen LogP contribution is -2.22. The van der Waals surface area contributed by atoms with Crippen LogP contribution >= 0.6 is 24.0 Å². The number of carbonyl (C=O) groups is 2. The summed E-state index contributed by atoms with van der Waals surface area (Å²) in [5.41, 5.74) is 1.57. The Bertz CT molecular complexity index is 1040. The van der Waals surface area contributed by atoms with Gasteiger partial charge in [-0.05, 0) is 47.5 Å². The molecule has 2 aromatic rings. The van der Waals surface area contributed by atoms with Gasteiger partial charge in [0, 0.05) is 13.1 Å². The highest BCUT2D eigenvalue weighted by molar-refractivity contribution is 8.26. The summed E-state index contributed by atoms with van der Waals surface area (Å²) in [4.78, 5) is 26.3. The number of amides is 1. The molecule has 1 aliphatic heterocycles. The standard InChI is InChI=1S/C22H19NO5S2/c1-23-21(25)19(30-22(23)29)13-15-6-10-17(18(12-15)27-3)28-20(24)11-7-14-4-8-16(26-2)9-5-14/h4-13H,1-3H3. The second-order valence-electron chi connectivity index (χ2n) is 6.18. The summed E-state index contributed by atoms with van der Waals surface area (Å²) in [6.07, 6.45) is 4.71. The molecule has 0 saturated carbocycles. The predicted molar refractivity (Wildman–Crippen MR) is 122 cm³/mol. The van der Waals surface area contributed by atoms with Crippen LogP contribution in [0.5, 0.6) is 17.2 Å². The summed E-state index contributed by atoms with van der Waals surface area (Å²) >= 11 is 6.37. The molecule has 0 spiro atoms. The molecule has 1 saturated heterocycles. The van der Waals surface area contributed by atoms with Crippen LogP contribution in [0, 0.1) is 0 Å². The van der Waals surface area contributed by atoms with Crippen molar-refractivity contribution in [1.29, 1.82) is 0 Å². The number of ether oxygens (including phenoxy) is 3. The van der Waals surface area contributed by atoms with E-state index in [9.17, 15) is 9.59 Å². The van der Waals surface area contributed by atoms with Crippen molar-refractivity contribution in [3.63, 3.8) is 0 Å². The van der Waals surface area contributed by atoms with Crippen molar-refractivity contribution >= 4 is 52.3 Å². The van der Waals surface area contributed by atoms with Gasteiger partial charge in [0.05, 0.1) is 19.1 Å². The van der Waals surface area contributed by atoms with Crippen molar-refractivity contribution in [3.8, 4) is 17.2 Å². The average Bonchev–Trinajstić information content (AvgIpc) is 3.00. The average molecular weight is 442 g/mol. The molecule has 1 aliphatic rings. The van der Waals surface area contributed by atoms with E-state index in [4.69, 9.17) is 26.4 Å². The Morgan fingerprint density at radius 3 is 2.33 bits per heavy atom. The Morgan fingerprint density at radius 2 is 1.73 bits per heavy atom. The molecule has 1 heterocycles. The maximum Gasteiger partial charge on any atom is 0.336 e.